The molecular weight excluding hydrogens is 306 g/mol. The van der Waals surface area contributed by atoms with Crippen molar-refractivity contribution in [1.29, 1.82) is 0 Å². The molecule has 1 fully saturated rings. The molecule has 1 heterocycles. The zero-order valence-electron chi connectivity index (χ0n) is 9.39. The Morgan fingerprint density at radius 3 is 2.88 bits per heavy atom. The van der Waals surface area contributed by atoms with Gasteiger partial charge in [-0.05, 0) is 41.1 Å². The van der Waals surface area contributed by atoms with E-state index >= 15 is 0 Å². The summed E-state index contributed by atoms with van der Waals surface area (Å²) in [5.41, 5.74) is -0.956. The third kappa shape index (κ3) is 2.53. The van der Waals surface area contributed by atoms with Crippen molar-refractivity contribution in [2.24, 2.45) is 11.8 Å². The van der Waals surface area contributed by atoms with Crippen molar-refractivity contribution < 1.29 is 15.0 Å². The quantitative estimate of drug-likeness (QED) is 0.879. The van der Waals surface area contributed by atoms with E-state index < -0.39 is 11.6 Å². The van der Waals surface area contributed by atoms with Crippen molar-refractivity contribution in [2.75, 3.05) is 0 Å². The number of thiazole rings is 1. The van der Waals surface area contributed by atoms with Gasteiger partial charge in [0.25, 0.3) is 0 Å². The van der Waals surface area contributed by atoms with Crippen LogP contribution in [-0.2, 0) is 10.4 Å². The maximum atomic E-state index is 11.0. The number of carbonyl (C=O) groups is 1. The number of carboxylic acid groups (broad SMARTS) is 1. The molecule has 17 heavy (non-hydrogen) atoms. The SMILES string of the molecule is CC1CC(O)(c2ncc(Br)s2)CCC1C(=O)O. The summed E-state index contributed by atoms with van der Waals surface area (Å²) in [6.45, 7) is 1.88. The minimum Gasteiger partial charge on any atom is -0.481 e. The number of aliphatic carboxylic acids is 1. The van der Waals surface area contributed by atoms with Gasteiger partial charge in [-0.15, -0.1) is 11.3 Å². The second-order valence-electron chi connectivity index (χ2n) is 4.67. The summed E-state index contributed by atoms with van der Waals surface area (Å²) >= 11 is 4.74. The van der Waals surface area contributed by atoms with E-state index in [9.17, 15) is 9.90 Å². The Balaban J connectivity index is 2.17. The van der Waals surface area contributed by atoms with Crippen LogP contribution in [0, 0.1) is 11.8 Å². The van der Waals surface area contributed by atoms with E-state index in [4.69, 9.17) is 5.11 Å². The van der Waals surface area contributed by atoms with E-state index in [2.05, 4.69) is 20.9 Å². The lowest BCUT2D eigenvalue weighted by Gasteiger charge is -2.37. The zero-order chi connectivity index (χ0) is 12.6. The molecule has 0 amide bonds. The summed E-state index contributed by atoms with van der Waals surface area (Å²) in [5, 5.41) is 20.3. The topological polar surface area (TPSA) is 70.4 Å². The molecule has 6 heteroatoms. The molecule has 0 radical (unpaired) electrons. The Labute approximate surface area is 112 Å². The van der Waals surface area contributed by atoms with Crippen LogP contribution < -0.4 is 0 Å². The minimum atomic E-state index is -0.956. The van der Waals surface area contributed by atoms with Crippen LogP contribution in [0.5, 0.6) is 0 Å². The third-order valence-electron chi connectivity index (χ3n) is 3.41. The Morgan fingerprint density at radius 2 is 2.41 bits per heavy atom. The molecule has 1 aromatic heterocycles. The van der Waals surface area contributed by atoms with Gasteiger partial charge >= 0.3 is 5.97 Å². The second kappa shape index (κ2) is 4.66. The first-order valence-corrected chi connectivity index (χ1v) is 7.10. The molecule has 4 nitrogen and oxygen atoms in total. The normalized spacial score (nSPS) is 33.6. The van der Waals surface area contributed by atoms with E-state index in [1.54, 1.807) is 6.20 Å². The molecule has 0 aliphatic heterocycles. The molecule has 0 saturated heterocycles. The van der Waals surface area contributed by atoms with Gasteiger partial charge in [-0.1, -0.05) is 6.92 Å². The number of rotatable bonds is 2. The van der Waals surface area contributed by atoms with Crippen molar-refractivity contribution in [2.45, 2.75) is 31.8 Å². The minimum absolute atomic E-state index is 0.0334. The van der Waals surface area contributed by atoms with Gasteiger partial charge in [-0.2, -0.15) is 0 Å². The Bertz CT molecular complexity index is 436. The van der Waals surface area contributed by atoms with Crippen LogP contribution in [0.1, 0.15) is 31.2 Å². The highest BCUT2D eigenvalue weighted by molar-refractivity contribution is 9.11. The van der Waals surface area contributed by atoms with Gasteiger partial charge in [0.15, 0.2) is 0 Å². The first-order chi connectivity index (χ1) is 7.92. The molecule has 3 atom stereocenters. The third-order valence-corrected chi connectivity index (χ3v) is 5.08. The van der Waals surface area contributed by atoms with Gasteiger partial charge in [-0.3, -0.25) is 4.79 Å². The Hall–Kier alpha value is -0.460. The number of aromatic nitrogens is 1. The van der Waals surface area contributed by atoms with Gasteiger partial charge in [0.05, 0.1) is 15.9 Å². The molecule has 1 aliphatic rings. The van der Waals surface area contributed by atoms with E-state index in [0.29, 0.717) is 24.3 Å². The average molecular weight is 320 g/mol. The number of hydrogen-bond acceptors (Lipinski definition) is 4. The molecule has 3 unspecified atom stereocenters. The number of aliphatic hydroxyl groups is 1. The molecule has 2 N–H and O–H groups in total. The van der Waals surface area contributed by atoms with E-state index in [1.165, 1.54) is 11.3 Å². The first-order valence-electron chi connectivity index (χ1n) is 5.49. The van der Waals surface area contributed by atoms with Crippen LogP contribution in [0.4, 0.5) is 0 Å². The highest BCUT2D eigenvalue weighted by Crippen LogP contribution is 2.44. The molecule has 0 spiro atoms. The van der Waals surface area contributed by atoms with E-state index in [0.717, 1.165) is 3.79 Å². The van der Waals surface area contributed by atoms with Crippen molar-refractivity contribution in [3.05, 3.63) is 15.0 Å². The number of carboxylic acids is 1. The Kier molecular flexibility index (Phi) is 3.56. The zero-order valence-corrected chi connectivity index (χ0v) is 11.8. The molecule has 1 aliphatic carbocycles. The fourth-order valence-electron chi connectivity index (χ4n) is 2.49. The van der Waals surface area contributed by atoms with Gasteiger partial charge in [-0.25, -0.2) is 4.98 Å². The first kappa shape index (κ1) is 13.0. The summed E-state index contributed by atoms with van der Waals surface area (Å²) in [6, 6.07) is 0. The van der Waals surface area contributed by atoms with Crippen molar-refractivity contribution >= 4 is 33.2 Å². The van der Waals surface area contributed by atoms with Crippen LogP contribution in [0.15, 0.2) is 9.98 Å². The van der Waals surface area contributed by atoms with Crippen LogP contribution in [0.2, 0.25) is 0 Å². The fourth-order valence-corrected chi connectivity index (χ4v) is 3.82. The summed E-state index contributed by atoms with van der Waals surface area (Å²) in [4.78, 5) is 15.2. The van der Waals surface area contributed by atoms with Crippen LogP contribution in [-0.4, -0.2) is 21.2 Å². The highest BCUT2D eigenvalue weighted by Gasteiger charge is 2.43. The number of hydrogen-bond donors (Lipinski definition) is 2. The van der Waals surface area contributed by atoms with Gasteiger partial charge in [0.2, 0.25) is 0 Å². The van der Waals surface area contributed by atoms with Crippen molar-refractivity contribution in [1.82, 2.24) is 4.98 Å². The number of nitrogens with zero attached hydrogens (tertiary/aromatic N) is 1. The van der Waals surface area contributed by atoms with Crippen LogP contribution >= 0.6 is 27.3 Å². The molecule has 0 aromatic carbocycles. The summed E-state index contributed by atoms with van der Waals surface area (Å²) in [6.07, 6.45) is 3.11. The largest absolute Gasteiger partial charge is 0.481 e. The van der Waals surface area contributed by atoms with Gasteiger partial charge in [0.1, 0.15) is 10.6 Å². The van der Waals surface area contributed by atoms with E-state index in [1.807, 2.05) is 6.92 Å². The van der Waals surface area contributed by atoms with Crippen LogP contribution in [0.25, 0.3) is 0 Å². The summed E-state index contributed by atoms with van der Waals surface area (Å²) in [5.74, 6) is -1.15. The van der Waals surface area contributed by atoms with Crippen molar-refractivity contribution in [3.8, 4) is 0 Å². The monoisotopic (exact) mass is 319 g/mol. The molecule has 1 aromatic rings. The van der Waals surface area contributed by atoms with Crippen LogP contribution in [0.3, 0.4) is 0 Å². The smallest absolute Gasteiger partial charge is 0.306 e. The fraction of sp³-hybridized carbons (Fsp3) is 0.636. The molecule has 0 bridgehead atoms. The second-order valence-corrected chi connectivity index (χ2v) is 7.08. The molecule has 1 saturated carbocycles. The lowest BCUT2D eigenvalue weighted by molar-refractivity contribution is -0.148. The predicted molar refractivity (Wildman–Crippen MR) is 67.9 cm³/mol. The molecule has 94 valence electrons. The summed E-state index contributed by atoms with van der Waals surface area (Å²) in [7, 11) is 0. The lowest BCUT2D eigenvalue weighted by atomic mass is 9.72. The number of halogens is 1. The van der Waals surface area contributed by atoms with E-state index in [-0.39, 0.29) is 11.8 Å². The average Bonchev–Trinajstić information content (AvgIpc) is 2.64. The predicted octanol–water partition coefficient (Wildman–Crippen LogP) is 2.61. The highest BCUT2D eigenvalue weighted by atomic mass is 79.9. The lowest BCUT2D eigenvalue weighted by Crippen LogP contribution is -2.38. The Morgan fingerprint density at radius 1 is 1.71 bits per heavy atom. The van der Waals surface area contributed by atoms with Crippen molar-refractivity contribution in [3.63, 3.8) is 0 Å². The maximum Gasteiger partial charge on any atom is 0.306 e. The van der Waals surface area contributed by atoms with Gasteiger partial charge in [0, 0.05) is 0 Å². The maximum absolute atomic E-state index is 11.0. The van der Waals surface area contributed by atoms with Gasteiger partial charge < -0.3 is 10.2 Å². The summed E-state index contributed by atoms with van der Waals surface area (Å²) < 4.78 is 0.883. The standard InChI is InChI=1S/C11H14BrNO3S/c1-6-4-11(16,3-2-7(6)9(14)15)10-13-5-8(12)17-10/h5-7,16H,2-4H2,1H3,(H,14,15). The molecule has 2 rings (SSSR count). The molecular formula is C11H14BrNO3S.